The molecule has 2 aromatic rings. The van der Waals surface area contributed by atoms with Crippen molar-refractivity contribution >= 4 is 23.4 Å². The van der Waals surface area contributed by atoms with Crippen molar-refractivity contribution in [2.24, 2.45) is 0 Å². The third-order valence-corrected chi connectivity index (χ3v) is 4.09. The monoisotopic (exact) mass is 324 g/mol. The van der Waals surface area contributed by atoms with Gasteiger partial charge in [-0.2, -0.15) is 0 Å². The van der Waals surface area contributed by atoms with Gasteiger partial charge in [0.05, 0.1) is 24.3 Å². The molecule has 5 heteroatoms. The van der Waals surface area contributed by atoms with E-state index in [4.69, 9.17) is 4.74 Å². The number of cyclic esters (lactones) is 1. The SMILES string of the molecule is Cc1ccc(C)c(CC(=O)Nc2ccccc2N2CCOC2=O)c1. The Hall–Kier alpha value is -2.82. The first-order valence-electron chi connectivity index (χ1n) is 7.94. The second-order valence-corrected chi connectivity index (χ2v) is 5.94. The summed E-state index contributed by atoms with van der Waals surface area (Å²) in [5, 5.41) is 2.91. The van der Waals surface area contributed by atoms with Crippen molar-refractivity contribution < 1.29 is 14.3 Å². The van der Waals surface area contributed by atoms with E-state index in [0.29, 0.717) is 30.9 Å². The van der Waals surface area contributed by atoms with E-state index in [1.165, 1.54) is 4.90 Å². The predicted octanol–water partition coefficient (Wildman–Crippen LogP) is 3.44. The van der Waals surface area contributed by atoms with Crippen LogP contribution in [0, 0.1) is 13.8 Å². The molecule has 0 bridgehead atoms. The van der Waals surface area contributed by atoms with Crippen LogP contribution in [-0.2, 0) is 16.0 Å². The molecule has 0 spiro atoms. The Morgan fingerprint density at radius 3 is 2.75 bits per heavy atom. The summed E-state index contributed by atoms with van der Waals surface area (Å²) in [6, 6.07) is 13.3. The van der Waals surface area contributed by atoms with E-state index in [-0.39, 0.29) is 12.0 Å². The van der Waals surface area contributed by atoms with E-state index in [1.54, 1.807) is 12.1 Å². The first-order chi connectivity index (χ1) is 11.5. The lowest BCUT2D eigenvalue weighted by Gasteiger charge is -2.18. The van der Waals surface area contributed by atoms with Gasteiger partial charge >= 0.3 is 6.09 Å². The number of aryl methyl sites for hydroxylation is 2. The molecule has 0 atom stereocenters. The number of nitrogens with one attached hydrogen (secondary N) is 1. The number of nitrogens with zero attached hydrogens (tertiary/aromatic N) is 1. The quantitative estimate of drug-likeness (QED) is 0.937. The number of amides is 2. The fourth-order valence-electron chi connectivity index (χ4n) is 2.79. The number of anilines is 2. The lowest BCUT2D eigenvalue weighted by Crippen LogP contribution is -2.25. The lowest BCUT2D eigenvalue weighted by atomic mass is 10.0. The zero-order valence-electron chi connectivity index (χ0n) is 13.8. The van der Waals surface area contributed by atoms with Crippen molar-refractivity contribution in [1.29, 1.82) is 0 Å². The van der Waals surface area contributed by atoms with Crippen LogP contribution in [0.4, 0.5) is 16.2 Å². The summed E-state index contributed by atoms with van der Waals surface area (Å²) in [5.74, 6) is -0.108. The molecule has 1 saturated heterocycles. The van der Waals surface area contributed by atoms with Gasteiger partial charge in [-0.25, -0.2) is 4.79 Å². The summed E-state index contributed by atoms with van der Waals surface area (Å²) < 4.78 is 4.98. The Morgan fingerprint density at radius 2 is 2.00 bits per heavy atom. The molecule has 1 N–H and O–H groups in total. The van der Waals surface area contributed by atoms with Gasteiger partial charge in [0.25, 0.3) is 0 Å². The minimum absolute atomic E-state index is 0.108. The summed E-state index contributed by atoms with van der Waals surface area (Å²) >= 11 is 0. The highest BCUT2D eigenvalue weighted by atomic mass is 16.6. The lowest BCUT2D eigenvalue weighted by molar-refractivity contribution is -0.115. The van der Waals surface area contributed by atoms with Gasteiger partial charge in [0.2, 0.25) is 5.91 Å². The molecule has 0 saturated carbocycles. The topological polar surface area (TPSA) is 58.6 Å². The standard InChI is InChI=1S/C19H20N2O3/c1-13-7-8-14(2)15(11-13)12-18(22)20-16-5-3-4-6-17(16)21-9-10-24-19(21)23/h3-8,11H,9-10,12H2,1-2H3,(H,20,22). The fourth-order valence-corrected chi connectivity index (χ4v) is 2.79. The summed E-state index contributed by atoms with van der Waals surface area (Å²) in [4.78, 5) is 25.8. The Morgan fingerprint density at radius 1 is 1.21 bits per heavy atom. The van der Waals surface area contributed by atoms with Gasteiger partial charge in [0.15, 0.2) is 0 Å². The molecule has 1 aliphatic heterocycles. The van der Waals surface area contributed by atoms with Crippen LogP contribution in [0.3, 0.4) is 0 Å². The number of carbonyl (C=O) groups excluding carboxylic acids is 2. The van der Waals surface area contributed by atoms with Gasteiger partial charge in [0.1, 0.15) is 6.61 Å². The molecule has 1 heterocycles. The maximum atomic E-state index is 12.4. The molecule has 124 valence electrons. The highest BCUT2D eigenvalue weighted by Crippen LogP contribution is 2.28. The van der Waals surface area contributed by atoms with Crippen molar-refractivity contribution in [2.45, 2.75) is 20.3 Å². The molecule has 0 aliphatic carbocycles. The Labute approximate surface area is 141 Å². The zero-order chi connectivity index (χ0) is 17.1. The average Bonchev–Trinajstić information content (AvgIpc) is 2.97. The second-order valence-electron chi connectivity index (χ2n) is 5.94. The van der Waals surface area contributed by atoms with E-state index in [1.807, 2.05) is 44.2 Å². The summed E-state index contributed by atoms with van der Waals surface area (Å²) in [5.41, 5.74) is 4.50. The van der Waals surface area contributed by atoms with Crippen molar-refractivity contribution in [3.63, 3.8) is 0 Å². The molecule has 0 radical (unpaired) electrons. The van der Waals surface area contributed by atoms with Crippen molar-refractivity contribution in [2.75, 3.05) is 23.4 Å². The van der Waals surface area contributed by atoms with Gasteiger partial charge in [-0.15, -0.1) is 0 Å². The molecule has 2 aromatic carbocycles. The third-order valence-electron chi connectivity index (χ3n) is 4.09. The second kappa shape index (κ2) is 6.74. The Kier molecular flexibility index (Phi) is 4.51. The van der Waals surface area contributed by atoms with Crippen molar-refractivity contribution in [3.8, 4) is 0 Å². The Balaban J connectivity index is 1.77. The van der Waals surface area contributed by atoms with Gasteiger partial charge in [-0.3, -0.25) is 9.69 Å². The van der Waals surface area contributed by atoms with Crippen LogP contribution in [0.1, 0.15) is 16.7 Å². The van der Waals surface area contributed by atoms with Crippen molar-refractivity contribution in [1.82, 2.24) is 0 Å². The van der Waals surface area contributed by atoms with E-state index in [9.17, 15) is 9.59 Å². The minimum Gasteiger partial charge on any atom is -0.447 e. The van der Waals surface area contributed by atoms with E-state index < -0.39 is 0 Å². The molecule has 1 fully saturated rings. The Bertz CT molecular complexity index is 786. The van der Waals surface area contributed by atoms with Gasteiger partial charge < -0.3 is 10.1 Å². The van der Waals surface area contributed by atoms with Crippen LogP contribution in [0.25, 0.3) is 0 Å². The first kappa shape index (κ1) is 16.1. The largest absolute Gasteiger partial charge is 0.447 e. The van der Waals surface area contributed by atoms with Crippen LogP contribution < -0.4 is 10.2 Å². The fraction of sp³-hybridized carbons (Fsp3) is 0.263. The highest BCUT2D eigenvalue weighted by molar-refractivity contribution is 6.00. The summed E-state index contributed by atoms with van der Waals surface area (Å²) in [6.07, 6.45) is -0.0852. The smallest absolute Gasteiger partial charge is 0.414 e. The molecular formula is C19H20N2O3. The van der Waals surface area contributed by atoms with Crippen LogP contribution in [0.15, 0.2) is 42.5 Å². The number of hydrogen-bond donors (Lipinski definition) is 1. The maximum absolute atomic E-state index is 12.4. The van der Waals surface area contributed by atoms with Crippen molar-refractivity contribution in [3.05, 3.63) is 59.2 Å². The highest BCUT2D eigenvalue weighted by Gasteiger charge is 2.25. The van der Waals surface area contributed by atoms with Crippen LogP contribution in [-0.4, -0.2) is 25.2 Å². The van der Waals surface area contributed by atoms with E-state index in [0.717, 1.165) is 16.7 Å². The number of para-hydroxylation sites is 2. The predicted molar refractivity (Wildman–Crippen MR) is 93.4 cm³/mol. The molecule has 0 aromatic heterocycles. The minimum atomic E-state index is -0.383. The van der Waals surface area contributed by atoms with Gasteiger partial charge in [-0.1, -0.05) is 35.9 Å². The molecule has 24 heavy (non-hydrogen) atoms. The molecule has 2 amide bonds. The van der Waals surface area contributed by atoms with Crippen LogP contribution >= 0.6 is 0 Å². The maximum Gasteiger partial charge on any atom is 0.414 e. The van der Waals surface area contributed by atoms with Gasteiger partial charge in [0, 0.05) is 0 Å². The number of rotatable bonds is 4. The zero-order valence-corrected chi connectivity index (χ0v) is 13.8. The molecule has 5 nitrogen and oxygen atoms in total. The van der Waals surface area contributed by atoms with Crippen LogP contribution in [0.5, 0.6) is 0 Å². The molecule has 0 unspecified atom stereocenters. The number of benzene rings is 2. The number of hydrogen-bond acceptors (Lipinski definition) is 3. The summed E-state index contributed by atoms with van der Waals surface area (Å²) in [7, 11) is 0. The molecule has 3 rings (SSSR count). The first-order valence-corrected chi connectivity index (χ1v) is 7.94. The third kappa shape index (κ3) is 3.40. The molecular weight excluding hydrogens is 304 g/mol. The van der Waals surface area contributed by atoms with Crippen LogP contribution in [0.2, 0.25) is 0 Å². The number of carbonyl (C=O) groups is 2. The van der Waals surface area contributed by atoms with E-state index in [2.05, 4.69) is 5.32 Å². The summed E-state index contributed by atoms with van der Waals surface area (Å²) in [6.45, 7) is 4.86. The normalized spacial score (nSPS) is 13.8. The average molecular weight is 324 g/mol. The molecule has 1 aliphatic rings. The number of ether oxygens (including phenoxy) is 1. The van der Waals surface area contributed by atoms with Gasteiger partial charge in [-0.05, 0) is 37.1 Å². The van der Waals surface area contributed by atoms with E-state index >= 15 is 0 Å².